The molecular formula is C20H22N4O3S. The van der Waals surface area contributed by atoms with Crippen molar-refractivity contribution in [2.75, 3.05) is 19.6 Å². The number of nitrogens with zero attached hydrogens (tertiary/aromatic N) is 2. The smallest absolute Gasteiger partial charge is 0.326 e. The average Bonchev–Trinajstić information content (AvgIpc) is 3.35. The van der Waals surface area contributed by atoms with Crippen LogP contribution >= 0.6 is 11.3 Å². The number of imidazole rings is 1. The van der Waals surface area contributed by atoms with Crippen LogP contribution in [0.1, 0.15) is 35.7 Å². The molecule has 2 amide bonds. The topological polar surface area (TPSA) is 87.2 Å². The van der Waals surface area contributed by atoms with Gasteiger partial charge in [0.15, 0.2) is 0 Å². The standard InChI is InChI=1S/C20H22N4O3S/c25-18(5-9-21-19(26)14-8-12-28-13-14)23-10-6-15(7-11-23)24-17-4-2-1-3-16(17)22-20(24)27/h1-4,8,12-13,15H,5-7,9-11H2,(H,21,26)(H,22,27). The van der Waals surface area contributed by atoms with E-state index in [9.17, 15) is 14.4 Å². The lowest BCUT2D eigenvalue weighted by atomic mass is 10.0. The van der Waals surface area contributed by atoms with Gasteiger partial charge in [0.25, 0.3) is 5.91 Å². The number of piperidine rings is 1. The third-order valence-corrected chi connectivity index (χ3v) is 5.90. The molecule has 0 unspecified atom stereocenters. The van der Waals surface area contributed by atoms with Gasteiger partial charge < -0.3 is 15.2 Å². The third-order valence-electron chi connectivity index (χ3n) is 5.21. The van der Waals surface area contributed by atoms with Crippen LogP contribution < -0.4 is 11.0 Å². The van der Waals surface area contributed by atoms with Crippen molar-refractivity contribution < 1.29 is 9.59 Å². The zero-order chi connectivity index (χ0) is 19.5. The first-order chi connectivity index (χ1) is 13.6. The highest BCUT2D eigenvalue weighted by molar-refractivity contribution is 7.08. The number of aromatic amines is 1. The molecule has 7 nitrogen and oxygen atoms in total. The highest BCUT2D eigenvalue weighted by atomic mass is 32.1. The number of likely N-dealkylation sites (tertiary alicyclic amines) is 1. The van der Waals surface area contributed by atoms with Crippen molar-refractivity contribution in [2.24, 2.45) is 0 Å². The van der Waals surface area contributed by atoms with Crippen molar-refractivity contribution in [2.45, 2.75) is 25.3 Å². The second-order valence-corrected chi connectivity index (χ2v) is 7.73. The minimum Gasteiger partial charge on any atom is -0.351 e. The highest BCUT2D eigenvalue weighted by Crippen LogP contribution is 2.25. The molecule has 1 saturated heterocycles. The molecule has 1 aliphatic heterocycles. The van der Waals surface area contributed by atoms with Gasteiger partial charge in [-0.15, -0.1) is 0 Å². The molecule has 0 radical (unpaired) electrons. The number of carbonyl (C=O) groups excluding carboxylic acids is 2. The largest absolute Gasteiger partial charge is 0.351 e. The lowest BCUT2D eigenvalue weighted by Crippen LogP contribution is -2.41. The second kappa shape index (κ2) is 8.02. The monoisotopic (exact) mass is 398 g/mol. The Bertz CT molecular complexity index is 1030. The summed E-state index contributed by atoms with van der Waals surface area (Å²) < 4.78 is 1.82. The fourth-order valence-corrected chi connectivity index (χ4v) is 4.38. The molecule has 1 aliphatic rings. The Morgan fingerprint density at radius 3 is 2.71 bits per heavy atom. The number of aromatic nitrogens is 2. The summed E-state index contributed by atoms with van der Waals surface area (Å²) >= 11 is 1.47. The fourth-order valence-electron chi connectivity index (χ4n) is 3.75. The van der Waals surface area contributed by atoms with Gasteiger partial charge in [-0.25, -0.2) is 4.79 Å². The van der Waals surface area contributed by atoms with Gasteiger partial charge in [-0.05, 0) is 36.4 Å². The van der Waals surface area contributed by atoms with Gasteiger partial charge in [-0.3, -0.25) is 14.2 Å². The molecule has 2 aromatic heterocycles. The summed E-state index contributed by atoms with van der Waals surface area (Å²) in [5.41, 5.74) is 2.28. The molecule has 4 rings (SSSR count). The molecule has 2 N–H and O–H groups in total. The zero-order valence-electron chi connectivity index (χ0n) is 15.4. The molecule has 1 aromatic carbocycles. The van der Waals surface area contributed by atoms with E-state index in [1.54, 1.807) is 11.4 Å². The molecule has 0 atom stereocenters. The number of benzene rings is 1. The van der Waals surface area contributed by atoms with Crippen LogP contribution in [0.3, 0.4) is 0 Å². The van der Waals surface area contributed by atoms with E-state index in [4.69, 9.17) is 0 Å². The maximum atomic E-state index is 12.4. The van der Waals surface area contributed by atoms with E-state index >= 15 is 0 Å². The van der Waals surface area contributed by atoms with E-state index in [2.05, 4.69) is 10.3 Å². The van der Waals surface area contributed by atoms with Crippen LogP contribution in [-0.2, 0) is 4.79 Å². The lowest BCUT2D eigenvalue weighted by Gasteiger charge is -2.32. The third kappa shape index (κ3) is 3.73. The molecule has 3 heterocycles. The Labute approximate surface area is 166 Å². The van der Waals surface area contributed by atoms with Crippen LogP contribution in [0.2, 0.25) is 0 Å². The summed E-state index contributed by atoms with van der Waals surface area (Å²) in [6.07, 6.45) is 1.77. The maximum Gasteiger partial charge on any atom is 0.326 e. The van der Waals surface area contributed by atoms with E-state index in [1.165, 1.54) is 11.3 Å². The van der Waals surface area contributed by atoms with Crippen molar-refractivity contribution in [1.29, 1.82) is 0 Å². The normalized spacial score (nSPS) is 15.1. The van der Waals surface area contributed by atoms with E-state index in [1.807, 2.05) is 39.1 Å². The van der Waals surface area contributed by atoms with Crippen LogP contribution in [-0.4, -0.2) is 45.9 Å². The summed E-state index contributed by atoms with van der Waals surface area (Å²) in [6, 6.07) is 9.53. The van der Waals surface area contributed by atoms with Gasteiger partial charge in [0.2, 0.25) is 5.91 Å². The van der Waals surface area contributed by atoms with Gasteiger partial charge in [-0.2, -0.15) is 11.3 Å². The van der Waals surface area contributed by atoms with Crippen molar-refractivity contribution in [1.82, 2.24) is 19.8 Å². The van der Waals surface area contributed by atoms with Crippen molar-refractivity contribution >= 4 is 34.2 Å². The molecule has 28 heavy (non-hydrogen) atoms. The van der Waals surface area contributed by atoms with Gasteiger partial charge >= 0.3 is 5.69 Å². The number of para-hydroxylation sites is 2. The Hall–Kier alpha value is -2.87. The Balaban J connectivity index is 1.30. The number of rotatable bonds is 5. The quantitative estimate of drug-likeness (QED) is 0.692. The van der Waals surface area contributed by atoms with Crippen LogP contribution in [0.15, 0.2) is 45.9 Å². The summed E-state index contributed by atoms with van der Waals surface area (Å²) in [7, 11) is 0. The number of H-pyrrole nitrogens is 1. The first kappa shape index (κ1) is 18.5. The predicted octanol–water partition coefficient (Wildman–Crippen LogP) is 2.37. The average molecular weight is 398 g/mol. The molecule has 0 bridgehead atoms. The second-order valence-electron chi connectivity index (χ2n) is 6.95. The van der Waals surface area contributed by atoms with Gasteiger partial charge in [0, 0.05) is 43.0 Å². The molecule has 146 valence electrons. The summed E-state index contributed by atoms with van der Waals surface area (Å²) in [5.74, 6) is -0.109. The number of amides is 2. The zero-order valence-corrected chi connectivity index (χ0v) is 16.2. The minimum absolute atomic E-state index is 0.0374. The first-order valence-electron chi connectivity index (χ1n) is 9.41. The number of fused-ring (bicyclic) bond motifs is 1. The SMILES string of the molecule is O=C(NCCC(=O)N1CCC(n2c(=O)[nH]c3ccccc32)CC1)c1ccsc1. The van der Waals surface area contributed by atoms with Gasteiger partial charge in [-0.1, -0.05) is 12.1 Å². The molecule has 0 saturated carbocycles. The van der Waals surface area contributed by atoms with Crippen molar-refractivity contribution in [3.63, 3.8) is 0 Å². The molecule has 0 spiro atoms. The van der Waals surface area contributed by atoms with E-state index in [-0.39, 0.29) is 30.0 Å². The lowest BCUT2D eigenvalue weighted by molar-refractivity contribution is -0.132. The first-order valence-corrected chi connectivity index (χ1v) is 10.3. The van der Waals surface area contributed by atoms with Gasteiger partial charge in [0.1, 0.15) is 0 Å². The fraction of sp³-hybridized carbons (Fsp3) is 0.350. The van der Waals surface area contributed by atoms with E-state index in [0.29, 0.717) is 25.2 Å². The van der Waals surface area contributed by atoms with Crippen LogP contribution in [0.25, 0.3) is 11.0 Å². The number of thiophene rings is 1. The number of hydrogen-bond donors (Lipinski definition) is 2. The number of nitrogens with one attached hydrogen (secondary N) is 2. The predicted molar refractivity (Wildman–Crippen MR) is 109 cm³/mol. The highest BCUT2D eigenvalue weighted by Gasteiger charge is 2.25. The van der Waals surface area contributed by atoms with Crippen LogP contribution in [0.5, 0.6) is 0 Å². The van der Waals surface area contributed by atoms with Crippen molar-refractivity contribution in [3.8, 4) is 0 Å². The summed E-state index contributed by atoms with van der Waals surface area (Å²) in [6.45, 7) is 1.57. The molecule has 0 aliphatic carbocycles. The Morgan fingerprint density at radius 1 is 1.18 bits per heavy atom. The van der Waals surface area contributed by atoms with E-state index < -0.39 is 0 Å². The van der Waals surface area contributed by atoms with Gasteiger partial charge in [0.05, 0.1) is 11.0 Å². The van der Waals surface area contributed by atoms with Crippen molar-refractivity contribution in [3.05, 3.63) is 57.1 Å². The number of carbonyl (C=O) groups is 2. The number of hydrogen-bond acceptors (Lipinski definition) is 4. The molecular weight excluding hydrogens is 376 g/mol. The molecule has 3 aromatic rings. The summed E-state index contributed by atoms with van der Waals surface area (Å²) in [5, 5.41) is 6.42. The summed E-state index contributed by atoms with van der Waals surface area (Å²) in [4.78, 5) is 41.4. The van der Waals surface area contributed by atoms with Crippen LogP contribution in [0.4, 0.5) is 0 Å². The Kier molecular flexibility index (Phi) is 5.29. The van der Waals surface area contributed by atoms with Crippen LogP contribution in [0, 0.1) is 0 Å². The molecule has 1 fully saturated rings. The molecule has 8 heteroatoms. The minimum atomic E-state index is -0.147. The Morgan fingerprint density at radius 2 is 1.96 bits per heavy atom. The maximum absolute atomic E-state index is 12.4. The van der Waals surface area contributed by atoms with E-state index in [0.717, 1.165) is 23.9 Å².